The van der Waals surface area contributed by atoms with Gasteiger partial charge >= 0.3 is 0 Å². The number of furan rings is 1. The van der Waals surface area contributed by atoms with E-state index < -0.39 is 15.6 Å². The van der Waals surface area contributed by atoms with E-state index in [1.165, 1.54) is 24.3 Å². The molecule has 0 spiro atoms. The number of carbonyl (C=O) groups excluding carboxylic acids is 1. The number of hydrogen-bond acceptors (Lipinski definition) is 4. The van der Waals surface area contributed by atoms with E-state index >= 15 is 0 Å². The van der Waals surface area contributed by atoms with Crippen molar-refractivity contribution in [2.75, 3.05) is 6.54 Å². The molecule has 1 amide bonds. The molecule has 0 aliphatic heterocycles. The predicted molar refractivity (Wildman–Crippen MR) is 91.3 cm³/mol. The van der Waals surface area contributed by atoms with Crippen LogP contribution < -0.4 is 10.0 Å². The number of benzene rings is 1. The molecule has 2 aromatic rings. The van der Waals surface area contributed by atoms with Gasteiger partial charge in [-0.25, -0.2) is 13.1 Å². The first kappa shape index (κ1) is 18.2. The van der Waals surface area contributed by atoms with E-state index in [1.807, 2.05) is 6.07 Å². The maximum absolute atomic E-state index is 12.2. The summed E-state index contributed by atoms with van der Waals surface area (Å²) >= 11 is 0. The summed E-state index contributed by atoms with van der Waals surface area (Å²) in [5.74, 6) is 0.541. The lowest BCUT2D eigenvalue weighted by atomic mass is 10.1. The zero-order chi connectivity index (χ0) is 17.8. The van der Waals surface area contributed by atoms with Crippen molar-refractivity contribution in [3.63, 3.8) is 0 Å². The van der Waals surface area contributed by atoms with Crippen molar-refractivity contribution < 1.29 is 17.6 Å². The molecule has 0 saturated heterocycles. The Morgan fingerprint density at radius 2 is 1.79 bits per heavy atom. The predicted octanol–water partition coefficient (Wildman–Crippen LogP) is 2.33. The first-order valence-corrected chi connectivity index (χ1v) is 9.10. The van der Waals surface area contributed by atoms with E-state index in [1.54, 1.807) is 33.1 Å². The van der Waals surface area contributed by atoms with Crippen molar-refractivity contribution in [2.24, 2.45) is 0 Å². The van der Waals surface area contributed by atoms with Crippen LogP contribution in [0.3, 0.4) is 0 Å². The smallest absolute Gasteiger partial charge is 0.251 e. The molecule has 1 aromatic heterocycles. The Hall–Kier alpha value is -2.12. The molecule has 0 aliphatic rings. The number of amides is 1. The fourth-order valence-electron chi connectivity index (χ4n) is 2.10. The van der Waals surface area contributed by atoms with Crippen molar-refractivity contribution in [1.82, 2.24) is 10.0 Å². The molecule has 1 aromatic carbocycles. The van der Waals surface area contributed by atoms with Crippen LogP contribution in [-0.2, 0) is 16.4 Å². The van der Waals surface area contributed by atoms with Crippen molar-refractivity contribution >= 4 is 15.9 Å². The first-order chi connectivity index (χ1) is 11.2. The third-order valence-corrected chi connectivity index (χ3v) is 4.88. The zero-order valence-corrected chi connectivity index (χ0v) is 14.8. The minimum Gasteiger partial charge on any atom is -0.469 e. The molecular formula is C17H22N2O4S. The van der Waals surface area contributed by atoms with Crippen molar-refractivity contribution in [3.8, 4) is 0 Å². The van der Waals surface area contributed by atoms with Crippen molar-refractivity contribution in [3.05, 3.63) is 54.0 Å². The summed E-state index contributed by atoms with van der Waals surface area (Å²) in [6.45, 7) is 5.75. The van der Waals surface area contributed by atoms with Gasteiger partial charge in [0.25, 0.3) is 5.91 Å². The zero-order valence-electron chi connectivity index (χ0n) is 14.0. The normalized spacial score (nSPS) is 12.1. The highest BCUT2D eigenvalue weighted by molar-refractivity contribution is 7.89. The summed E-state index contributed by atoms with van der Waals surface area (Å²) in [5, 5.41) is 2.77. The third kappa shape index (κ3) is 5.21. The maximum Gasteiger partial charge on any atom is 0.251 e. The lowest BCUT2D eigenvalue weighted by Crippen LogP contribution is -2.40. The minimum absolute atomic E-state index is 0.129. The molecule has 6 nitrogen and oxygen atoms in total. The number of sulfonamides is 1. The fourth-order valence-corrected chi connectivity index (χ4v) is 3.52. The van der Waals surface area contributed by atoms with Crippen LogP contribution in [0, 0.1) is 0 Å². The van der Waals surface area contributed by atoms with Gasteiger partial charge in [0.05, 0.1) is 11.2 Å². The standard InChI is InChI=1S/C17H22N2O4S/c1-17(2,3)19-24(21,22)15-8-6-13(7-9-15)16(20)18-11-10-14-5-4-12-23-14/h4-9,12,19H,10-11H2,1-3H3,(H,18,20). The van der Waals surface area contributed by atoms with E-state index in [-0.39, 0.29) is 10.8 Å². The monoisotopic (exact) mass is 350 g/mol. The molecule has 0 atom stereocenters. The summed E-state index contributed by atoms with van der Waals surface area (Å²) in [6, 6.07) is 9.49. The van der Waals surface area contributed by atoms with Crippen molar-refractivity contribution in [2.45, 2.75) is 37.6 Å². The quantitative estimate of drug-likeness (QED) is 0.837. The van der Waals surface area contributed by atoms with E-state index in [9.17, 15) is 13.2 Å². The number of carbonyl (C=O) groups is 1. The Bertz CT molecular complexity index is 773. The average molecular weight is 350 g/mol. The molecule has 0 saturated carbocycles. The average Bonchev–Trinajstić information content (AvgIpc) is 2.98. The maximum atomic E-state index is 12.2. The van der Waals surface area contributed by atoms with Crippen LogP contribution in [0.1, 0.15) is 36.9 Å². The molecule has 130 valence electrons. The largest absolute Gasteiger partial charge is 0.469 e. The second kappa shape index (κ2) is 7.19. The second-order valence-electron chi connectivity index (χ2n) is 6.47. The van der Waals surface area contributed by atoms with E-state index in [0.29, 0.717) is 18.5 Å². The van der Waals surface area contributed by atoms with Crippen LogP contribution in [0.25, 0.3) is 0 Å². The van der Waals surface area contributed by atoms with Crippen LogP contribution in [-0.4, -0.2) is 26.4 Å². The Morgan fingerprint density at radius 1 is 1.12 bits per heavy atom. The van der Waals surface area contributed by atoms with Gasteiger partial charge in [-0.3, -0.25) is 4.79 Å². The van der Waals surface area contributed by atoms with Gasteiger partial charge in [-0.05, 0) is 57.2 Å². The van der Waals surface area contributed by atoms with Gasteiger partial charge in [0.2, 0.25) is 10.0 Å². The topological polar surface area (TPSA) is 88.4 Å². The summed E-state index contributed by atoms with van der Waals surface area (Å²) in [6.07, 6.45) is 2.18. The third-order valence-electron chi connectivity index (χ3n) is 3.10. The van der Waals surface area contributed by atoms with Gasteiger partial charge in [-0.15, -0.1) is 0 Å². The summed E-state index contributed by atoms with van der Waals surface area (Å²) in [7, 11) is -3.60. The molecule has 7 heteroatoms. The summed E-state index contributed by atoms with van der Waals surface area (Å²) in [5.41, 5.74) is -0.162. The highest BCUT2D eigenvalue weighted by Gasteiger charge is 2.22. The summed E-state index contributed by atoms with van der Waals surface area (Å²) in [4.78, 5) is 12.2. The van der Waals surface area contributed by atoms with Crippen LogP contribution >= 0.6 is 0 Å². The Balaban J connectivity index is 1.97. The highest BCUT2D eigenvalue weighted by atomic mass is 32.2. The van der Waals surface area contributed by atoms with Gasteiger partial charge < -0.3 is 9.73 Å². The number of rotatable bonds is 6. The SMILES string of the molecule is CC(C)(C)NS(=O)(=O)c1ccc(C(=O)NCCc2ccco2)cc1. The minimum atomic E-state index is -3.60. The Labute approximate surface area is 142 Å². The van der Waals surface area contributed by atoms with E-state index in [2.05, 4.69) is 10.0 Å². The van der Waals surface area contributed by atoms with Crippen molar-refractivity contribution in [1.29, 1.82) is 0 Å². The van der Waals surface area contributed by atoms with Gasteiger partial charge in [-0.1, -0.05) is 0 Å². The highest BCUT2D eigenvalue weighted by Crippen LogP contribution is 2.14. The molecule has 0 unspecified atom stereocenters. The molecule has 0 fully saturated rings. The number of nitrogens with one attached hydrogen (secondary N) is 2. The van der Waals surface area contributed by atoms with Crippen LogP contribution in [0.2, 0.25) is 0 Å². The first-order valence-electron chi connectivity index (χ1n) is 7.62. The lowest BCUT2D eigenvalue weighted by Gasteiger charge is -2.20. The second-order valence-corrected chi connectivity index (χ2v) is 8.15. The van der Waals surface area contributed by atoms with Crippen LogP contribution in [0.4, 0.5) is 0 Å². The molecule has 1 heterocycles. The van der Waals surface area contributed by atoms with Gasteiger partial charge in [0, 0.05) is 24.1 Å². The molecular weight excluding hydrogens is 328 g/mol. The van der Waals surface area contributed by atoms with Gasteiger partial charge in [0.15, 0.2) is 0 Å². The van der Waals surface area contributed by atoms with E-state index in [0.717, 1.165) is 5.76 Å². The molecule has 0 radical (unpaired) electrons. The molecule has 2 N–H and O–H groups in total. The van der Waals surface area contributed by atoms with E-state index in [4.69, 9.17) is 4.42 Å². The lowest BCUT2D eigenvalue weighted by molar-refractivity contribution is 0.0953. The molecule has 0 bridgehead atoms. The molecule has 24 heavy (non-hydrogen) atoms. The van der Waals surface area contributed by atoms with Crippen LogP contribution in [0.5, 0.6) is 0 Å². The van der Waals surface area contributed by atoms with Crippen LogP contribution in [0.15, 0.2) is 52.0 Å². The van der Waals surface area contributed by atoms with Gasteiger partial charge in [-0.2, -0.15) is 0 Å². The summed E-state index contributed by atoms with van der Waals surface area (Å²) < 4.78 is 32.2. The number of hydrogen-bond donors (Lipinski definition) is 2. The molecule has 0 aliphatic carbocycles. The Morgan fingerprint density at radius 3 is 2.33 bits per heavy atom. The van der Waals surface area contributed by atoms with Gasteiger partial charge in [0.1, 0.15) is 5.76 Å². The Kier molecular flexibility index (Phi) is 5.46. The molecule has 2 rings (SSSR count). The fraction of sp³-hybridized carbons (Fsp3) is 0.353.